The van der Waals surface area contributed by atoms with E-state index >= 15 is 0 Å². The maximum Gasteiger partial charge on any atom is 0.257 e. The number of hydrogen-bond acceptors (Lipinski definition) is 3. The molecule has 0 saturated carbocycles. The molecule has 0 unspecified atom stereocenters. The summed E-state index contributed by atoms with van der Waals surface area (Å²) in [6, 6.07) is 6.03. The van der Waals surface area contributed by atoms with Gasteiger partial charge in [-0.05, 0) is 38.1 Å². The van der Waals surface area contributed by atoms with Gasteiger partial charge in [-0.25, -0.2) is 9.07 Å². The molecule has 0 radical (unpaired) electrons. The number of carbonyl (C=O) groups excluding carboxylic acids is 1. The minimum absolute atomic E-state index is 0.0407. The van der Waals surface area contributed by atoms with Crippen LogP contribution in [0.2, 0.25) is 0 Å². The van der Waals surface area contributed by atoms with Gasteiger partial charge in [-0.1, -0.05) is 0 Å². The minimum atomic E-state index is -0.299. The molecule has 116 valence electrons. The van der Waals surface area contributed by atoms with Crippen LogP contribution in [0.3, 0.4) is 0 Å². The molecule has 1 fully saturated rings. The molecule has 22 heavy (non-hydrogen) atoms. The van der Waals surface area contributed by atoms with E-state index in [1.807, 2.05) is 13.8 Å². The second kappa shape index (κ2) is 5.88. The minimum Gasteiger partial charge on any atom is -0.375 e. The van der Waals surface area contributed by atoms with Crippen molar-refractivity contribution in [3.63, 3.8) is 0 Å². The predicted molar refractivity (Wildman–Crippen MR) is 79.6 cm³/mol. The molecule has 1 aliphatic rings. The van der Waals surface area contributed by atoms with Crippen LogP contribution < -0.4 is 0 Å². The van der Waals surface area contributed by atoms with Gasteiger partial charge in [-0.15, -0.1) is 0 Å². The summed E-state index contributed by atoms with van der Waals surface area (Å²) in [5, 5.41) is 4.27. The molecule has 2 heterocycles. The van der Waals surface area contributed by atoms with Crippen LogP contribution in [-0.4, -0.2) is 46.4 Å². The Bertz CT molecular complexity index is 681. The Balaban J connectivity index is 1.86. The first-order valence-electron chi connectivity index (χ1n) is 7.27. The van der Waals surface area contributed by atoms with Gasteiger partial charge in [0.15, 0.2) is 0 Å². The molecule has 1 aromatic heterocycles. The van der Waals surface area contributed by atoms with Crippen molar-refractivity contribution < 1.29 is 13.9 Å². The monoisotopic (exact) mass is 303 g/mol. The van der Waals surface area contributed by atoms with Crippen molar-refractivity contribution in [1.82, 2.24) is 14.7 Å². The third-order valence-corrected chi connectivity index (χ3v) is 3.84. The van der Waals surface area contributed by atoms with E-state index in [1.165, 1.54) is 12.1 Å². The molecular weight excluding hydrogens is 285 g/mol. The maximum absolute atomic E-state index is 13.0. The normalized spacial score (nSPS) is 18.5. The number of halogens is 1. The molecule has 1 aliphatic heterocycles. The summed E-state index contributed by atoms with van der Waals surface area (Å²) in [7, 11) is 0. The number of morpholine rings is 1. The standard InChI is InChI=1S/C16H18FN3O2/c1-11-10-19(7-8-22-11)16(21)15-9-18-20(12(15)2)14-5-3-13(17)4-6-14/h3-6,9,11H,7-8,10H2,1-2H3/t11-/m1/s1. The van der Waals surface area contributed by atoms with E-state index in [9.17, 15) is 9.18 Å². The summed E-state index contributed by atoms with van der Waals surface area (Å²) in [6.07, 6.45) is 1.62. The van der Waals surface area contributed by atoms with Gasteiger partial charge in [0.1, 0.15) is 5.82 Å². The molecule has 6 heteroatoms. The first kappa shape index (κ1) is 14.7. The maximum atomic E-state index is 13.0. The summed E-state index contributed by atoms with van der Waals surface area (Å²) in [5.41, 5.74) is 2.04. The van der Waals surface area contributed by atoms with E-state index in [1.54, 1.807) is 27.9 Å². The van der Waals surface area contributed by atoms with Gasteiger partial charge >= 0.3 is 0 Å². The highest BCUT2D eigenvalue weighted by atomic mass is 19.1. The lowest BCUT2D eigenvalue weighted by Gasteiger charge is -2.31. The SMILES string of the molecule is Cc1c(C(=O)N2CCO[C@H](C)C2)cnn1-c1ccc(F)cc1. The molecule has 0 N–H and O–H groups in total. The Morgan fingerprint density at radius 1 is 1.36 bits per heavy atom. The van der Waals surface area contributed by atoms with Crippen LogP contribution in [0, 0.1) is 12.7 Å². The van der Waals surface area contributed by atoms with Gasteiger partial charge < -0.3 is 9.64 Å². The lowest BCUT2D eigenvalue weighted by molar-refractivity contribution is -0.0124. The van der Waals surface area contributed by atoms with Crippen LogP contribution in [0.1, 0.15) is 23.0 Å². The number of carbonyl (C=O) groups is 1. The first-order chi connectivity index (χ1) is 10.6. The molecular formula is C16H18FN3O2. The largest absolute Gasteiger partial charge is 0.375 e. The average Bonchev–Trinajstić information content (AvgIpc) is 2.89. The lowest BCUT2D eigenvalue weighted by atomic mass is 10.2. The summed E-state index contributed by atoms with van der Waals surface area (Å²) in [4.78, 5) is 14.4. The highest BCUT2D eigenvalue weighted by Crippen LogP contribution is 2.17. The van der Waals surface area contributed by atoms with Crippen molar-refractivity contribution in [1.29, 1.82) is 0 Å². The van der Waals surface area contributed by atoms with E-state index < -0.39 is 0 Å². The Labute approximate surface area is 128 Å². The van der Waals surface area contributed by atoms with Gasteiger partial charge in [0.2, 0.25) is 0 Å². The molecule has 1 saturated heterocycles. The smallest absolute Gasteiger partial charge is 0.257 e. The van der Waals surface area contributed by atoms with Crippen molar-refractivity contribution in [2.24, 2.45) is 0 Å². The summed E-state index contributed by atoms with van der Waals surface area (Å²) in [5.74, 6) is -0.340. The Morgan fingerprint density at radius 2 is 2.09 bits per heavy atom. The second-order valence-corrected chi connectivity index (χ2v) is 5.46. The summed E-state index contributed by atoms with van der Waals surface area (Å²) >= 11 is 0. The van der Waals surface area contributed by atoms with E-state index in [2.05, 4.69) is 5.10 Å². The van der Waals surface area contributed by atoms with Crippen LogP contribution in [0.5, 0.6) is 0 Å². The van der Waals surface area contributed by atoms with Crippen LogP contribution >= 0.6 is 0 Å². The van der Waals surface area contributed by atoms with Crippen LogP contribution in [-0.2, 0) is 4.74 Å². The molecule has 2 aromatic rings. The fraction of sp³-hybridized carbons (Fsp3) is 0.375. The van der Waals surface area contributed by atoms with Gasteiger partial charge in [-0.2, -0.15) is 5.10 Å². The average molecular weight is 303 g/mol. The molecule has 1 aromatic carbocycles. The third-order valence-electron chi connectivity index (χ3n) is 3.84. The van der Waals surface area contributed by atoms with Crippen molar-refractivity contribution in [3.05, 3.63) is 47.5 Å². The fourth-order valence-corrected chi connectivity index (χ4v) is 2.64. The zero-order valence-electron chi connectivity index (χ0n) is 12.6. The number of benzene rings is 1. The Morgan fingerprint density at radius 3 is 2.77 bits per heavy atom. The molecule has 3 rings (SSSR count). The van der Waals surface area contributed by atoms with Crippen LogP contribution in [0.4, 0.5) is 4.39 Å². The van der Waals surface area contributed by atoms with Crippen molar-refractivity contribution in [2.45, 2.75) is 20.0 Å². The molecule has 0 spiro atoms. The molecule has 0 aliphatic carbocycles. The summed E-state index contributed by atoms with van der Waals surface area (Å²) in [6.45, 7) is 5.52. The molecule has 0 bridgehead atoms. The van der Waals surface area contributed by atoms with Crippen LogP contribution in [0.25, 0.3) is 5.69 Å². The van der Waals surface area contributed by atoms with Crippen LogP contribution in [0.15, 0.2) is 30.5 Å². The molecule has 5 nitrogen and oxygen atoms in total. The van der Waals surface area contributed by atoms with Gasteiger partial charge in [0.05, 0.1) is 35.9 Å². The Kier molecular flexibility index (Phi) is 3.94. The second-order valence-electron chi connectivity index (χ2n) is 5.46. The number of ether oxygens (including phenoxy) is 1. The van der Waals surface area contributed by atoms with E-state index in [4.69, 9.17) is 4.74 Å². The van der Waals surface area contributed by atoms with E-state index in [-0.39, 0.29) is 17.8 Å². The van der Waals surface area contributed by atoms with Gasteiger partial charge in [0, 0.05) is 13.1 Å². The highest BCUT2D eigenvalue weighted by Gasteiger charge is 2.25. The Hall–Kier alpha value is -2.21. The molecule has 1 atom stereocenters. The highest BCUT2D eigenvalue weighted by molar-refractivity contribution is 5.95. The van der Waals surface area contributed by atoms with E-state index in [0.717, 1.165) is 11.4 Å². The van der Waals surface area contributed by atoms with Crippen molar-refractivity contribution in [2.75, 3.05) is 19.7 Å². The summed E-state index contributed by atoms with van der Waals surface area (Å²) < 4.78 is 20.1. The number of rotatable bonds is 2. The zero-order valence-corrected chi connectivity index (χ0v) is 12.6. The number of hydrogen-bond donors (Lipinski definition) is 0. The first-order valence-corrected chi connectivity index (χ1v) is 7.27. The number of nitrogens with zero attached hydrogens (tertiary/aromatic N) is 3. The fourth-order valence-electron chi connectivity index (χ4n) is 2.64. The number of amides is 1. The van der Waals surface area contributed by atoms with Gasteiger partial charge in [-0.3, -0.25) is 4.79 Å². The van der Waals surface area contributed by atoms with Crippen molar-refractivity contribution in [3.8, 4) is 5.69 Å². The quantitative estimate of drug-likeness (QED) is 0.854. The van der Waals surface area contributed by atoms with Crippen molar-refractivity contribution >= 4 is 5.91 Å². The lowest BCUT2D eigenvalue weighted by Crippen LogP contribution is -2.44. The zero-order chi connectivity index (χ0) is 15.7. The topological polar surface area (TPSA) is 47.4 Å². The molecule has 1 amide bonds. The predicted octanol–water partition coefficient (Wildman–Crippen LogP) is 2.18. The van der Waals surface area contributed by atoms with E-state index in [0.29, 0.717) is 25.3 Å². The third kappa shape index (κ3) is 2.74. The van der Waals surface area contributed by atoms with Gasteiger partial charge in [0.25, 0.3) is 5.91 Å². The number of aromatic nitrogens is 2.